The van der Waals surface area contributed by atoms with Gasteiger partial charge in [-0.25, -0.2) is 16.8 Å². The molecule has 0 aromatic heterocycles. The largest absolute Gasteiger partial charge is 0.244 e. The Morgan fingerprint density at radius 1 is 1.30 bits per heavy atom. The number of nitrogens with zero attached hydrogens (tertiary/aromatic N) is 1. The van der Waals surface area contributed by atoms with Crippen molar-refractivity contribution in [2.75, 3.05) is 18.1 Å². The van der Waals surface area contributed by atoms with Crippen molar-refractivity contribution < 1.29 is 16.8 Å². The highest BCUT2D eigenvalue weighted by Crippen LogP contribution is 2.31. The molecular formula is C14H19Cl2NO4S2. The van der Waals surface area contributed by atoms with E-state index in [1.807, 2.05) is 13.8 Å². The molecule has 130 valence electrons. The summed E-state index contributed by atoms with van der Waals surface area (Å²) in [7, 11) is -7.13. The summed E-state index contributed by atoms with van der Waals surface area (Å²) < 4.78 is 50.8. The number of sulfonamides is 1. The molecule has 0 amide bonds. The summed E-state index contributed by atoms with van der Waals surface area (Å²) in [5, 5.41) is 0.334. The molecule has 1 saturated heterocycles. The first kappa shape index (κ1) is 19.0. The van der Waals surface area contributed by atoms with Gasteiger partial charge < -0.3 is 0 Å². The highest BCUT2D eigenvalue weighted by atomic mass is 35.5. The minimum absolute atomic E-state index is 0.00502. The van der Waals surface area contributed by atoms with E-state index in [-0.39, 0.29) is 38.9 Å². The molecule has 0 bridgehead atoms. The monoisotopic (exact) mass is 399 g/mol. The first-order valence-electron chi connectivity index (χ1n) is 7.20. The van der Waals surface area contributed by atoms with E-state index in [4.69, 9.17) is 23.2 Å². The van der Waals surface area contributed by atoms with Crippen LogP contribution in [0.5, 0.6) is 0 Å². The molecule has 2 rings (SSSR count). The van der Waals surface area contributed by atoms with Gasteiger partial charge in [-0.15, -0.1) is 0 Å². The van der Waals surface area contributed by atoms with Crippen molar-refractivity contribution in [2.45, 2.75) is 31.2 Å². The smallest absolute Gasteiger partial charge is 0.229 e. The molecule has 1 aromatic carbocycles. The zero-order valence-corrected chi connectivity index (χ0v) is 16.0. The summed E-state index contributed by atoms with van der Waals surface area (Å²) in [5.41, 5.74) is 0. The van der Waals surface area contributed by atoms with E-state index in [1.165, 1.54) is 22.5 Å². The third-order valence-corrected chi connectivity index (χ3v) is 8.03. The van der Waals surface area contributed by atoms with E-state index < -0.39 is 25.9 Å². The molecule has 1 atom stereocenters. The van der Waals surface area contributed by atoms with E-state index in [2.05, 4.69) is 0 Å². The highest BCUT2D eigenvalue weighted by Gasteiger charge is 2.39. The summed E-state index contributed by atoms with van der Waals surface area (Å²) in [6.45, 7) is 3.99. The number of hydrogen-bond acceptors (Lipinski definition) is 4. The Balaban J connectivity index is 2.47. The predicted molar refractivity (Wildman–Crippen MR) is 92.3 cm³/mol. The molecule has 9 heteroatoms. The van der Waals surface area contributed by atoms with Crippen LogP contribution in [0.4, 0.5) is 0 Å². The summed E-state index contributed by atoms with van der Waals surface area (Å²) in [6.07, 6.45) is 0.298. The molecule has 1 unspecified atom stereocenters. The van der Waals surface area contributed by atoms with Crippen LogP contribution in [0.3, 0.4) is 0 Å². The molecule has 5 nitrogen and oxygen atoms in total. The summed E-state index contributed by atoms with van der Waals surface area (Å²) in [5.74, 6) is -0.103. The lowest BCUT2D eigenvalue weighted by Crippen LogP contribution is -2.43. The minimum Gasteiger partial charge on any atom is -0.229 e. The van der Waals surface area contributed by atoms with E-state index in [0.717, 1.165) is 0 Å². The fourth-order valence-electron chi connectivity index (χ4n) is 2.61. The first-order chi connectivity index (χ1) is 10.5. The molecule has 0 radical (unpaired) electrons. The molecule has 1 fully saturated rings. The van der Waals surface area contributed by atoms with Crippen molar-refractivity contribution in [3.05, 3.63) is 28.2 Å². The van der Waals surface area contributed by atoms with E-state index in [0.29, 0.717) is 6.42 Å². The molecule has 1 aliphatic rings. The topological polar surface area (TPSA) is 71.5 Å². The average Bonchev–Trinajstić information content (AvgIpc) is 2.78. The highest BCUT2D eigenvalue weighted by molar-refractivity contribution is 7.92. The number of rotatable bonds is 5. The van der Waals surface area contributed by atoms with Crippen LogP contribution in [0.15, 0.2) is 23.1 Å². The van der Waals surface area contributed by atoms with Crippen molar-refractivity contribution in [3.63, 3.8) is 0 Å². The lowest BCUT2D eigenvalue weighted by atomic mass is 10.2. The SMILES string of the molecule is CC(C)CN(C1CCS(=O)(=O)C1)S(=O)(=O)c1cc(Cl)ccc1Cl. The Morgan fingerprint density at radius 3 is 2.48 bits per heavy atom. The van der Waals surface area contributed by atoms with E-state index in [9.17, 15) is 16.8 Å². The summed E-state index contributed by atoms with van der Waals surface area (Å²) >= 11 is 11.9. The standard InChI is InChI=1S/C14H19Cl2NO4S2/c1-10(2)8-17(12-5-6-22(18,19)9-12)23(20,21)14-7-11(15)3-4-13(14)16/h3-4,7,10,12H,5-6,8-9H2,1-2H3. The Morgan fingerprint density at radius 2 is 1.96 bits per heavy atom. The molecule has 1 heterocycles. The summed E-state index contributed by atoms with van der Waals surface area (Å²) in [6, 6.07) is 3.67. The van der Waals surface area contributed by atoms with Gasteiger partial charge in [0.25, 0.3) is 0 Å². The Labute approximate surface area is 147 Å². The van der Waals surface area contributed by atoms with Crippen LogP contribution in [0.25, 0.3) is 0 Å². The Bertz CT molecular complexity index is 791. The normalized spacial score (nSPS) is 21.2. The molecule has 0 saturated carbocycles. The molecular weight excluding hydrogens is 381 g/mol. The zero-order valence-electron chi connectivity index (χ0n) is 12.9. The van der Waals surface area contributed by atoms with E-state index >= 15 is 0 Å². The van der Waals surface area contributed by atoms with Crippen molar-refractivity contribution in [1.29, 1.82) is 0 Å². The fraction of sp³-hybridized carbons (Fsp3) is 0.571. The number of hydrogen-bond donors (Lipinski definition) is 0. The molecule has 1 aromatic rings. The maximum atomic E-state index is 13.0. The van der Waals surface area contributed by atoms with Crippen LogP contribution in [0, 0.1) is 5.92 Å². The predicted octanol–water partition coefficient (Wildman–Crippen LogP) is 2.83. The van der Waals surface area contributed by atoms with Gasteiger partial charge in [-0.1, -0.05) is 37.0 Å². The zero-order chi connectivity index (χ0) is 17.4. The van der Waals surface area contributed by atoms with Gasteiger partial charge in [-0.3, -0.25) is 0 Å². The van der Waals surface area contributed by atoms with Crippen LogP contribution in [0.1, 0.15) is 20.3 Å². The van der Waals surface area contributed by atoms with Crippen LogP contribution in [0.2, 0.25) is 10.0 Å². The quantitative estimate of drug-likeness (QED) is 0.762. The van der Waals surface area contributed by atoms with Gasteiger partial charge >= 0.3 is 0 Å². The Hall–Kier alpha value is -0.340. The Kier molecular flexibility index (Phi) is 5.68. The fourth-order valence-corrected chi connectivity index (χ4v) is 6.99. The van der Waals surface area contributed by atoms with Crippen molar-refractivity contribution >= 4 is 43.1 Å². The van der Waals surface area contributed by atoms with Crippen molar-refractivity contribution in [1.82, 2.24) is 4.31 Å². The molecule has 23 heavy (non-hydrogen) atoms. The molecule has 0 aliphatic carbocycles. The van der Waals surface area contributed by atoms with Gasteiger partial charge in [-0.05, 0) is 30.5 Å². The van der Waals surface area contributed by atoms with Gasteiger partial charge in [0.15, 0.2) is 9.84 Å². The van der Waals surface area contributed by atoms with Gasteiger partial charge in [0.05, 0.1) is 16.5 Å². The lowest BCUT2D eigenvalue weighted by molar-refractivity contribution is 0.308. The minimum atomic E-state index is -3.93. The maximum absolute atomic E-state index is 13.0. The van der Waals surface area contributed by atoms with Crippen molar-refractivity contribution in [3.8, 4) is 0 Å². The van der Waals surface area contributed by atoms with Crippen LogP contribution in [-0.2, 0) is 19.9 Å². The third kappa shape index (κ3) is 4.39. The first-order valence-corrected chi connectivity index (χ1v) is 11.2. The van der Waals surface area contributed by atoms with E-state index in [1.54, 1.807) is 0 Å². The second kappa shape index (κ2) is 6.88. The molecule has 0 spiro atoms. The van der Waals surface area contributed by atoms with Gasteiger partial charge in [0.2, 0.25) is 10.0 Å². The molecule has 1 aliphatic heterocycles. The average molecular weight is 400 g/mol. The van der Waals surface area contributed by atoms with Crippen LogP contribution < -0.4 is 0 Å². The second-order valence-corrected chi connectivity index (χ2v) is 11.0. The van der Waals surface area contributed by atoms with Gasteiger partial charge in [-0.2, -0.15) is 4.31 Å². The number of benzene rings is 1. The third-order valence-electron chi connectivity index (χ3n) is 3.64. The summed E-state index contributed by atoms with van der Waals surface area (Å²) in [4.78, 5) is -0.0865. The maximum Gasteiger partial charge on any atom is 0.244 e. The van der Waals surface area contributed by atoms with Crippen LogP contribution >= 0.6 is 23.2 Å². The second-order valence-electron chi connectivity index (χ2n) is 6.10. The van der Waals surface area contributed by atoms with Crippen LogP contribution in [-0.4, -0.2) is 45.2 Å². The van der Waals surface area contributed by atoms with Gasteiger partial charge in [0.1, 0.15) is 4.90 Å². The van der Waals surface area contributed by atoms with Gasteiger partial charge in [0, 0.05) is 17.6 Å². The number of sulfone groups is 1. The van der Waals surface area contributed by atoms with Crippen molar-refractivity contribution in [2.24, 2.45) is 5.92 Å². The lowest BCUT2D eigenvalue weighted by Gasteiger charge is -2.29. The number of halogens is 2. The molecule has 0 N–H and O–H groups in total.